The lowest BCUT2D eigenvalue weighted by molar-refractivity contribution is 0.0696. The topological polar surface area (TPSA) is 109 Å². The molecule has 7 heteroatoms. The van der Waals surface area contributed by atoms with E-state index in [1.807, 2.05) is 0 Å². The molecule has 96 valence electrons. The highest BCUT2D eigenvalue weighted by molar-refractivity contribution is 5.90. The molecule has 0 unspecified atom stereocenters. The van der Waals surface area contributed by atoms with Gasteiger partial charge in [0.1, 0.15) is 0 Å². The van der Waals surface area contributed by atoms with E-state index in [1.54, 1.807) is 0 Å². The number of rotatable bonds is 3. The number of hydrogen-bond acceptors (Lipinski definition) is 5. The van der Waals surface area contributed by atoms with E-state index in [1.165, 1.54) is 30.5 Å². The molecule has 7 nitrogen and oxygen atoms in total. The Hall–Kier alpha value is -2.96. The molecule has 0 spiro atoms. The van der Waals surface area contributed by atoms with Crippen molar-refractivity contribution < 1.29 is 19.4 Å². The van der Waals surface area contributed by atoms with Crippen LogP contribution in [0.5, 0.6) is 5.88 Å². The van der Waals surface area contributed by atoms with E-state index < -0.39 is 11.9 Å². The molecule has 2 aromatic rings. The van der Waals surface area contributed by atoms with Crippen molar-refractivity contribution in [2.45, 2.75) is 0 Å². The number of nitrogens with zero attached hydrogens (tertiary/aromatic N) is 1. The minimum Gasteiger partial charge on any atom is -0.478 e. The van der Waals surface area contributed by atoms with Gasteiger partial charge in [0.15, 0.2) is 0 Å². The maximum absolute atomic E-state index is 11.6. The Morgan fingerprint density at radius 2 is 1.89 bits per heavy atom. The molecule has 0 radical (unpaired) electrons. The summed E-state index contributed by atoms with van der Waals surface area (Å²) in [6.07, 6.45) is 2.30. The number of aromatic amines is 1. The van der Waals surface area contributed by atoms with Crippen LogP contribution >= 0.6 is 0 Å². The third-order valence-corrected chi connectivity index (χ3v) is 2.20. The second-order valence-electron chi connectivity index (χ2n) is 3.52. The third kappa shape index (κ3) is 3.03. The zero-order chi connectivity index (χ0) is 13.8. The molecule has 2 N–H and O–H groups in total. The van der Waals surface area contributed by atoms with E-state index in [-0.39, 0.29) is 22.6 Å². The number of carboxylic acid groups (broad SMARTS) is 1. The van der Waals surface area contributed by atoms with Crippen molar-refractivity contribution in [1.82, 2.24) is 9.97 Å². The molecular formula is C12H8N2O5. The van der Waals surface area contributed by atoms with Gasteiger partial charge in [0.2, 0.25) is 11.4 Å². The van der Waals surface area contributed by atoms with E-state index in [4.69, 9.17) is 9.84 Å². The smallest absolute Gasteiger partial charge is 0.346 e. The number of aromatic carboxylic acids is 1. The van der Waals surface area contributed by atoms with E-state index in [2.05, 4.69) is 9.97 Å². The molecule has 0 atom stereocenters. The lowest BCUT2D eigenvalue weighted by Crippen LogP contribution is -2.12. The highest BCUT2D eigenvalue weighted by atomic mass is 16.5. The van der Waals surface area contributed by atoms with Gasteiger partial charge in [-0.3, -0.25) is 4.79 Å². The molecule has 0 saturated heterocycles. The van der Waals surface area contributed by atoms with Crippen LogP contribution in [0.15, 0.2) is 41.5 Å². The van der Waals surface area contributed by atoms with Crippen LogP contribution in [0.4, 0.5) is 0 Å². The minimum atomic E-state index is -1.12. The zero-order valence-corrected chi connectivity index (χ0v) is 9.49. The zero-order valence-electron chi connectivity index (χ0n) is 9.49. The van der Waals surface area contributed by atoms with Crippen molar-refractivity contribution in [3.8, 4) is 5.88 Å². The summed E-state index contributed by atoms with van der Waals surface area (Å²) in [5, 5.41) is 8.68. The Morgan fingerprint density at radius 3 is 2.42 bits per heavy atom. The Labute approximate surface area is 106 Å². The largest absolute Gasteiger partial charge is 0.478 e. The molecule has 0 aromatic carbocycles. The molecular weight excluding hydrogens is 252 g/mol. The molecule has 0 amide bonds. The summed E-state index contributed by atoms with van der Waals surface area (Å²) in [7, 11) is 0. The predicted molar refractivity (Wildman–Crippen MR) is 63.2 cm³/mol. The summed E-state index contributed by atoms with van der Waals surface area (Å²) in [5.74, 6) is -1.85. The number of carbonyl (C=O) groups excluding carboxylic acids is 1. The standard InChI is InChI=1S/C12H8N2O5/c15-9-3-1-8(6-13-9)12(18)19-10-4-2-7(5-14-10)11(16)17/h1-6H,(H,13,15)(H,16,17). The number of hydrogen-bond donors (Lipinski definition) is 2. The first-order valence-electron chi connectivity index (χ1n) is 5.16. The first-order chi connectivity index (χ1) is 9.06. The summed E-state index contributed by atoms with van der Waals surface area (Å²) in [6.45, 7) is 0. The van der Waals surface area contributed by atoms with Crippen LogP contribution in [0.25, 0.3) is 0 Å². The number of carboxylic acids is 1. The number of aromatic nitrogens is 2. The second-order valence-corrected chi connectivity index (χ2v) is 3.52. The van der Waals surface area contributed by atoms with Crippen molar-refractivity contribution in [1.29, 1.82) is 0 Å². The van der Waals surface area contributed by atoms with Gasteiger partial charge >= 0.3 is 11.9 Å². The fourth-order valence-electron chi connectivity index (χ4n) is 1.26. The van der Waals surface area contributed by atoms with Crippen LogP contribution in [-0.2, 0) is 0 Å². The number of esters is 1. The molecule has 0 bridgehead atoms. The van der Waals surface area contributed by atoms with Crippen molar-refractivity contribution in [2.24, 2.45) is 0 Å². The number of H-pyrrole nitrogens is 1. The highest BCUT2D eigenvalue weighted by Crippen LogP contribution is 2.09. The third-order valence-electron chi connectivity index (χ3n) is 2.20. The second kappa shape index (κ2) is 5.13. The van der Waals surface area contributed by atoms with Gasteiger partial charge < -0.3 is 14.8 Å². The average molecular weight is 260 g/mol. The molecule has 0 aliphatic carbocycles. The summed E-state index contributed by atoms with van der Waals surface area (Å²) in [4.78, 5) is 39.1. The summed E-state index contributed by atoms with van der Waals surface area (Å²) >= 11 is 0. The van der Waals surface area contributed by atoms with E-state index in [0.717, 1.165) is 6.20 Å². The van der Waals surface area contributed by atoms with Crippen LogP contribution in [-0.4, -0.2) is 27.0 Å². The van der Waals surface area contributed by atoms with Crippen LogP contribution in [0.2, 0.25) is 0 Å². The lowest BCUT2D eigenvalue weighted by atomic mass is 10.3. The van der Waals surface area contributed by atoms with Gasteiger partial charge in [-0.1, -0.05) is 0 Å². The Bertz CT molecular complexity index is 655. The number of carbonyl (C=O) groups is 2. The van der Waals surface area contributed by atoms with Gasteiger partial charge in [0, 0.05) is 24.5 Å². The Kier molecular flexibility index (Phi) is 3.37. The Morgan fingerprint density at radius 1 is 1.16 bits per heavy atom. The molecule has 19 heavy (non-hydrogen) atoms. The van der Waals surface area contributed by atoms with E-state index in [9.17, 15) is 14.4 Å². The van der Waals surface area contributed by atoms with Crippen molar-refractivity contribution in [3.05, 3.63) is 58.1 Å². The Balaban J connectivity index is 2.12. The summed E-state index contributed by atoms with van der Waals surface area (Å²) < 4.78 is 4.91. The predicted octanol–water partition coefficient (Wildman–Crippen LogP) is 0.687. The molecule has 2 aromatic heterocycles. The quantitative estimate of drug-likeness (QED) is 0.785. The summed E-state index contributed by atoms with van der Waals surface area (Å²) in [5.41, 5.74) is -0.187. The van der Waals surface area contributed by atoms with Gasteiger partial charge in [-0.15, -0.1) is 0 Å². The fraction of sp³-hybridized carbons (Fsp3) is 0. The number of ether oxygens (including phenoxy) is 1. The molecule has 2 rings (SSSR count). The summed E-state index contributed by atoms with van der Waals surface area (Å²) in [6, 6.07) is 5.04. The van der Waals surface area contributed by atoms with Crippen molar-refractivity contribution in [2.75, 3.05) is 0 Å². The number of nitrogens with one attached hydrogen (secondary N) is 1. The van der Waals surface area contributed by atoms with Crippen LogP contribution < -0.4 is 10.3 Å². The van der Waals surface area contributed by atoms with Crippen LogP contribution in [0, 0.1) is 0 Å². The molecule has 2 heterocycles. The average Bonchev–Trinajstić information content (AvgIpc) is 2.40. The maximum atomic E-state index is 11.6. The molecule has 0 aliphatic heterocycles. The van der Waals surface area contributed by atoms with E-state index >= 15 is 0 Å². The highest BCUT2D eigenvalue weighted by Gasteiger charge is 2.10. The molecule has 0 saturated carbocycles. The first kappa shape index (κ1) is 12.5. The first-order valence-corrected chi connectivity index (χ1v) is 5.16. The fourth-order valence-corrected chi connectivity index (χ4v) is 1.26. The minimum absolute atomic E-state index is 0.0103. The molecule has 0 fully saturated rings. The van der Waals surface area contributed by atoms with Gasteiger partial charge in [0.05, 0.1) is 11.1 Å². The van der Waals surface area contributed by atoms with E-state index in [0.29, 0.717) is 0 Å². The monoisotopic (exact) mass is 260 g/mol. The van der Waals surface area contributed by atoms with Gasteiger partial charge in [-0.05, 0) is 12.1 Å². The van der Waals surface area contributed by atoms with Crippen molar-refractivity contribution >= 4 is 11.9 Å². The van der Waals surface area contributed by atoms with Gasteiger partial charge in [-0.2, -0.15) is 0 Å². The SMILES string of the molecule is O=C(O)c1ccc(OC(=O)c2ccc(=O)[nH]c2)nc1. The van der Waals surface area contributed by atoms with Gasteiger partial charge in [-0.25, -0.2) is 14.6 Å². The van der Waals surface area contributed by atoms with Crippen molar-refractivity contribution in [3.63, 3.8) is 0 Å². The normalized spacial score (nSPS) is 9.89. The lowest BCUT2D eigenvalue weighted by Gasteiger charge is -2.03. The molecule has 0 aliphatic rings. The number of pyridine rings is 2. The van der Waals surface area contributed by atoms with Crippen LogP contribution in [0.3, 0.4) is 0 Å². The van der Waals surface area contributed by atoms with Gasteiger partial charge in [0.25, 0.3) is 0 Å². The van der Waals surface area contributed by atoms with Crippen LogP contribution in [0.1, 0.15) is 20.7 Å². The maximum Gasteiger partial charge on any atom is 0.346 e.